The zero-order chi connectivity index (χ0) is 13.7. The fourth-order valence-corrected chi connectivity index (χ4v) is 2.46. The van der Waals surface area contributed by atoms with Crippen molar-refractivity contribution in [2.45, 2.75) is 19.3 Å². The number of ether oxygens (including phenoxy) is 1. The smallest absolute Gasteiger partial charge is 0.224 e. The fourth-order valence-electron chi connectivity index (χ4n) is 2.29. The molecule has 1 aliphatic rings. The molecule has 0 bridgehead atoms. The molecule has 19 heavy (non-hydrogen) atoms. The van der Waals surface area contributed by atoms with Gasteiger partial charge in [0.1, 0.15) is 5.75 Å². The minimum absolute atomic E-state index is 0.00691. The van der Waals surface area contributed by atoms with Crippen molar-refractivity contribution in [1.29, 1.82) is 0 Å². The van der Waals surface area contributed by atoms with Crippen LogP contribution in [0.1, 0.15) is 19.3 Å². The first-order valence-electron chi connectivity index (χ1n) is 6.53. The minimum Gasteiger partial charge on any atom is -0.495 e. The summed E-state index contributed by atoms with van der Waals surface area (Å²) < 4.78 is 5.20. The second kappa shape index (κ2) is 6.78. The SMILES string of the molecule is COc1ccc(Cl)cc1NC(=O)CCC1CCNC1. The highest BCUT2D eigenvalue weighted by molar-refractivity contribution is 6.31. The number of rotatable bonds is 5. The summed E-state index contributed by atoms with van der Waals surface area (Å²) in [4.78, 5) is 11.9. The Kier molecular flexibility index (Phi) is 5.05. The molecular weight excluding hydrogens is 264 g/mol. The standard InChI is InChI=1S/C14H19ClN2O2/c1-19-13-4-3-11(15)8-12(13)17-14(18)5-2-10-6-7-16-9-10/h3-4,8,10,16H,2,5-7,9H2,1H3,(H,17,18). The van der Waals surface area contributed by atoms with E-state index in [0.29, 0.717) is 28.8 Å². The molecule has 0 spiro atoms. The van der Waals surface area contributed by atoms with Gasteiger partial charge in [0.05, 0.1) is 12.8 Å². The third-order valence-corrected chi connectivity index (χ3v) is 3.61. The van der Waals surface area contributed by atoms with Gasteiger partial charge in [0, 0.05) is 11.4 Å². The van der Waals surface area contributed by atoms with Gasteiger partial charge in [-0.2, -0.15) is 0 Å². The average molecular weight is 283 g/mol. The van der Waals surface area contributed by atoms with E-state index in [1.165, 1.54) is 0 Å². The van der Waals surface area contributed by atoms with Gasteiger partial charge in [0.25, 0.3) is 0 Å². The summed E-state index contributed by atoms with van der Waals surface area (Å²) in [5.41, 5.74) is 0.629. The van der Waals surface area contributed by atoms with Crippen LogP contribution >= 0.6 is 11.6 Å². The topological polar surface area (TPSA) is 50.4 Å². The number of carbonyl (C=O) groups excluding carboxylic acids is 1. The van der Waals surface area contributed by atoms with Crippen LogP contribution in [0.2, 0.25) is 5.02 Å². The highest BCUT2D eigenvalue weighted by Gasteiger charge is 2.16. The molecule has 1 aliphatic heterocycles. The average Bonchev–Trinajstić information content (AvgIpc) is 2.90. The van der Waals surface area contributed by atoms with Crippen molar-refractivity contribution >= 4 is 23.2 Å². The molecule has 2 N–H and O–H groups in total. The highest BCUT2D eigenvalue weighted by Crippen LogP contribution is 2.28. The van der Waals surface area contributed by atoms with Crippen LogP contribution in [0.3, 0.4) is 0 Å². The second-order valence-electron chi connectivity index (χ2n) is 4.79. The van der Waals surface area contributed by atoms with Gasteiger partial charge in [-0.25, -0.2) is 0 Å². The van der Waals surface area contributed by atoms with E-state index in [2.05, 4.69) is 10.6 Å². The molecule has 1 unspecified atom stereocenters. The Morgan fingerprint density at radius 3 is 3.11 bits per heavy atom. The van der Waals surface area contributed by atoms with Crippen molar-refractivity contribution in [3.63, 3.8) is 0 Å². The molecular formula is C14H19ClN2O2. The van der Waals surface area contributed by atoms with Gasteiger partial charge in [0.15, 0.2) is 0 Å². The van der Waals surface area contributed by atoms with Crippen LogP contribution in [0.5, 0.6) is 5.75 Å². The molecule has 1 aromatic rings. The summed E-state index contributed by atoms with van der Waals surface area (Å²) in [6.07, 6.45) is 2.61. The summed E-state index contributed by atoms with van der Waals surface area (Å²) in [6.45, 7) is 2.09. The van der Waals surface area contributed by atoms with Gasteiger partial charge >= 0.3 is 0 Å². The largest absolute Gasteiger partial charge is 0.495 e. The van der Waals surface area contributed by atoms with Crippen LogP contribution in [0.25, 0.3) is 0 Å². The predicted molar refractivity (Wildman–Crippen MR) is 76.8 cm³/mol. The van der Waals surface area contributed by atoms with E-state index < -0.39 is 0 Å². The number of halogens is 1. The van der Waals surface area contributed by atoms with E-state index in [1.54, 1.807) is 25.3 Å². The maximum atomic E-state index is 11.9. The van der Waals surface area contributed by atoms with Crippen LogP contribution in [0.4, 0.5) is 5.69 Å². The lowest BCUT2D eigenvalue weighted by Gasteiger charge is -2.11. The van der Waals surface area contributed by atoms with E-state index in [1.807, 2.05) is 0 Å². The maximum Gasteiger partial charge on any atom is 0.224 e. The van der Waals surface area contributed by atoms with Gasteiger partial charge in [-0.05, 0) is 50.0 Å². The minimum atomic E-state index is 0.00691. The number of anilines is 1. The molecule has 0 aliphatic carbocycles. The van der Waals surface area contributed by atoms with Crippen molar-refractivity contribution in [3.8, 4) is 5.75 Å². The number of hydrogen-bond acceptors (Lipinski definition) is 3. The first-order chi connectivity index (χ1) is 9.19. The Morgan fingerprint density at radius 1 is 1.58 bits per heavy atom. The van der Waals surface area contributed by atoms with Crippen LogP contribution in [0.15, 0.2) is 18.2 Å². The summed E-state index contributed by atoms with van der Waals surface area (Å²) in [6, 6.07) is 5.19. The number of amides is 1. The first kappa shape index (κ1) is 14.2. The number of methoxy groups -OCH3 is 1. The van der Waals surface area contributed by atoms with E-state index >= 15 is 0 Å². The van der Waals surface area contributed by atoms with Crippen LogP contribution in [0, 0.1) is 5.92 Å². The molecule has 0 aromatic heterocycles. The van der Waals surface area contributed by atoms with Gasteiger partial charge in [-0.1, -0.05) is 11.6 Å². The van der Waals surface area contributed by atoms with Crippen molar-refractivity contribution in [3.05, 3.63) is 23.2 Å². The molecule has 1 aromatic carbocycles. The summed E-state index contributed by atoms with van der Waals surface area (Å²) in [5.74, 6) is 1.25. The lowest BCUT2D eigenvalue weighted by Crippen LogP contribution is -2.15. The Balaban J connectivity index is 1.88. The summed E-state index contributed by atoms with van der Waals surface area (Å²) in [7, 11) is 1.57. The van der Waals surface area contributed by atoms with Crippen LogP contribution in [-0.4, -0.2) is 26.1 Å². The molecule has 1 saturated heterocycles. The predicted octanol–water partition coefficient (Wildman–Crippen LogP) is 2.68. The molecule has 0 radical (unpaired) electrons. The Bertz CT molecular complexity index is 445. The van der Waals surface area contributed by atoms with Crippen LogP contribution in [-0.2, 0) is 4.79 Å². The fraction of sp³-hybridized carbons (Fsp3) is 0.500. The molecule has 2 rings (SSSR count). The summed E-state index contributed by atoms with van der Waals surface area (Å²) in [5, 5.41) is 6.74. The Labute approximate surface area is 118 Å². The molecule has 4 nitrogen and oxygen atoms in total. The van der Waals surface area contributed by atoms with E-state index in [-0.39, 0.29) is 5.91 Å². The molecule has 1 atom stereocenters. The van der Waals surface area contributed by atoms with Gasteiger partial charge in [0.2, 0.25) is 5.91 Å². The molecule has 1 heterocycles. The number of benzene rings is 1. The Hall–Kier alpha value is -1.26. The van der Waals surface area contributed by atoms with Gasteiger partial charge < -0.3 is 15.4 Å². The third kappa shape index (κ3) is 4.11. The molecule has 1 amide bonds. The number of carbonyl (C=O) groups is 1. The van der Waals surface area contributed by atoms with Gasteiger partial charge in [-0.15, -0.1) is 0 Å². The van der Waals surface area contributed by atoms with Crippen molar-refractivity contribution in [1.82, 2.24) is 5.32 Å². The zero-order valence-corrected chi connectivity index (χ0v) is 11.8. The number of hydrogen-bond donors (Lipinski definition) is 2. The molecule has 1 fully saturated rings. The van der Waals surface area contributed by atoms with E-state index in [9.17, 15) is 4.79 Å². The molecule has 5 heteroatoms. The highest BCUT2D eigenvalue weighted by atomic mass is 35.5. The van der Waals surface area contributed by atoms with E-state index in [4.69, 9.17) is 16.3 Å². The monoisotopic (exact) mass is 282 g/mol. The van der Waals surface area contributed by atoms with Crippen LogP contribution < -0.4 is 15.4 Å². The lowest BCUT2D eigenvalue weighted by atomic mass is 10.0. The van der Waals surface area contributed by atoms with Crippen molar-refractivity contribution in [2.75, 3.05) is 25.5 Å². The first-order valence-corrected chi connectivity index (χ1v) is 6.91. The third-order valence-electron chi connectivity index (χ3n) is 3.38. The molecule has 0 saturated carbocycles. The summed E-state index contributed by atoms with van der Waals surface area (Å²) >= 11 is 5.92. The second-order valence-corrected chi connectivity index (χ2v) is 5.23. The zero-order valence-electron chi connectivity index (χ0n) is 11.0. The van der Waals surface area contributed by atoms with Crippen molar-refractivity contribution in [2.24, 2.45) is 5.92 Å². The van der Waals surface area contributed by atoms with Gasteiger partial charge in [-0.3, -0.25) is 4.79 Å². The normalized spacial score (nSPS) is 18.3. The number of nitrogens with one attached hydrogen (secondary N) is 2. The molecule has 104 valence electrons. The maximum absolute atomic E-state index is 11.9. The lowest BCUT2D eigenvalue weighted by molar-refractivity contribution is -0.116. The Morgan fingerprint density at radius 2 is 2.42 bits per heavy atom. The van der Waals surface area contributed by atoms with E-state index in [0.717, 1.165) is 25.9 Å². The van der Waals surface area contributed by atoms with Crippen molar-refractivity contribution < 1.29 is 9.53 Å². The quantitative estimate of drug-likeness (QED) is 0.873.